The van der Waals surface area contributed by atoms with E-state index in [1.54, 1.807) is 12.1 Å². The van der Waals surface area contributed by atoms with E-state index in [0.717, 1.165) is 17.7 Å². The Morgan fingerprint density at radius 1 is 1.24 bits per heavy atom. The summed E-state index contributed by atoms with van der Waals surface area (Å²) in [7, 11) is 1.31. The second-order valence-corrected chi connectivity index (χ2v) is 10.4. The van der Waals surface area contributed by atoms with Crippen molar-refractivity contribution < 1.29 is 28.2 Å². The van der Waals surface area contributed by atoms with Crippen LogP contribution in [-0.2, 0) is 22.4 Å². The molecule has 2 aromatic rings. The van der Waals surface area contributed by atoms with Crippen molar-refractivity contribution in [1.82, 2.24) is 4.90 Å². The van der Waals surface area contributed by atoms with Gasteiger partial charge in [-0.3, -0.25) is 4.79 Å². The first-order chi connectivity index (χ1) is 17.7. The maximum Gasteiger partial charge on any atom is 0.348 e. The van der Waals surface area contributed by atoms with Crippen LogP contribution in [0.2, 0.25) is 0 Å². The average Bonchev–Trinajstić information content (AvgIpc) is 3.45. The summed E-state index contributed by atoms with van der Waals surface area (Å²) < 4.78 is 33.1. The van der Waals surface area contributed by atoms with Crippen LogP contribution < -0.4 is 0 Å². The number of nitrogens with zero attached hydrogens (tertiary/aromatic N) is 1. The van der Waals surface area contributed by atoms with Crippen molar-refractivity contribution in [1.29, 1.82) is 0 Å². The van der Waals surface area contributed by atoms with Gasteiger partial charge in [-0.25, -0.2) is 4.79 Å². The number of carbonyl (C=O) groups excluding carboxylic acids is 2. The maximum atomic E-state index is 14.2. The molecule has 2 heterocycles. The predicted molar refractivity (Wildman–Crippen MR) is 141 cm³/mol. The van der Waals surface area contributed by atoms with Gasteiger partial charge in [0.25, 0.3) is 5.91 Å². The van der Waals surface area contributed by atoms with Crippen molar-refractivity contribution in [2.45, 2.75) is 63.5 Å². The van der Waals surface area contributed by atoms with Gasteiger partial charge in [-0.1, -0.05) is 49.4 Å². The zero-order valence-corrected chi connectivity index (χ0v) is 22.0. The molecule has 1 unspecified atom stereocenters. The molecular formula is C29H33F2NO4S. The molecule has 1 aliphatic heterocycles. The lowest BCUT2D eigenvalue weighted by molar-refractivity contribution is -0.148. The minimum Gasteiger partial charge on any atom is -0.465 e. The molecule has 0 aliphatic carbocycles. The van der Waals surface area contributed by atoms with Gasteiger partial charge in [0.1, 0.15) is 4.88 Å². The molecule has 0 saturated carbocycles. The number of carbonyl (C=O) groups is 2. The van der Waals surface area contributed by atoms with Crippen LogP contribution >= 0.6 is 11.3 Å². The summed E-state index contributed by atoms with van der Waals surface area (Å²) in [6, 6.07) is 12.8. The number of esters is 1. The number of ether oxygens (including phenoxy) is 1. The van der Waals surface area contributed by atoms with Crippen molar-refractivity contribution in [3.8, 4) is 11.8 Å². The first-order valence-corrected chi connectivity index (χ1v) is 13.2. The number of alkyl halides is 2. The van der Waals surface area contributed by atoms with E-state index in [4.69, 9.17) is 4.74 Å². The molecule has 1 aromatic heterocycles. The zero-order valence-electron chi connectivity index (χ0n) is 21.2. The van der Waals surface area contributed by atoms with Gasteiger partial charge >= 0.3 is 11.9 Å². The van der Waals surface area contributed by atoms with Crippen LogP contribution in [0.25, 0.3) is 0 Å². The van der Waals surface area contributed by atoms with E-state index >= 15 is 0 Å². The largest absolute Gasteiger partial charge is 0.465 e. The van der Waals surface area contributed by atoms with E-state index in [2.05, 4.69) is 24.0 Å². The Balaban J connectivity index is 1.49. The van der Waals surface area contributed by atoms with Crippen LogP contribution in [0.4, 0.5) is 8.78 Å². The number of hydrogen-bond donors (Lipinski definition) is 1. The van der Waals surface area contributed by atoms with Crippen LogP contribution in [0.5, 0.6) is 0 Å². The number of aryl methyl sites for hydroxylation is 2. The number of aliphatic hydroxyl groups excluding tert-OH is 1. The molecule has 3 rings (SSSR count). The number of methoxy groups -OCH3 is 1. The summed E-state index contributed by atoms with van der Waals surface area (Å²) in [6.07, 6.45) is 4.68. The fourth-order valence-corrected chi connectivity index (χ4v) is 5.10. The van der Waals surface area contributed by atoms with Crippen molar-refractivity contribution >= 4 is 23.2 Å². The van der Waals surface area contributed by atoms with Gasteiger partial charge in [0.2, 0.25) is 0 Å². The van der Waals surface area contributed by atoms with Crippen molar-refractivity contribution in [2.75, 3.05) is 13.7 Å². The molecule has 198 valence electrons. The highest BCUT2D eigenvalue weighted by Gasteiger charge is 2.52. The Kier molecular flexibility index (Phi) is 10.4. The number of hydrogen-bond acceptors (Lipinski definition) is 5. The van der Waals surface area contributed by atoms with Crippen LogP contribution in [0.15, 0.2) is 54.6 Å². The normalized spacial score (nSPS) is 18.5. The number of rotatable bonds is 11. The lowest BCUT2D eigenvalue weighted by Crippen LogP contribution is -2.36. The summed E-state index contributed by atoms with van der Waals surface area (Å²) >= 11 is 1.29. The SMILES string of the molecule is COC(=O)c1ccc(CCCN2C(=O)C(F)(F)CC2C=C[C@@H](O)[C@@H](C)CC#CCCc2ccccc2)s1. The fraction of sp³-hybridized carbons (Fsp3) is 0.448. The first-order valence-electron chi connectivity index (χ1n) is 12.4. The third-order valence-electron chi connectivity index (χ3n) is 6.35. The van der Waals surface area contributed by atoms with E-state index in [1.165, 1.54) is 41.1 Å². The molecule has 0 bridgehead atoms. The highest BCUT2D eigenvalue weighted by molar-refractivity contribution is 7.13. The van der Waals surface area contributed by atoms with Gasteiger partial charge < -0.3 is 14.7 Å². The monoisotopic (exact) mass is 529 g/mol. The number of halogens is 2. The number of amides is 1. The van der Waals surface area contributed by atoms with Crippen molar-refractivity contribution in [3.05, 3.63) is 69.9 Å². The Labute approximate surface area is 221 Å². The number of thiophene rings is 1. The number of benzene rings is 1. The van der Waals surface area contributed by atoms with E-state index in [9.17, 15) is 23.5 Å². The average molecular weight is 530 g/mol. The molecule has 3 atom stereocenters. The van der Waals surface area contributed by atoms with Gasteiger partial charge in [0.05, 0.1) is 19.3 Å². The summed E-state index contributed by atoms with van der Waals surface area (Å²) in [5.74, 6) is 1.03. The van der Waals surface area contributed by atoms with Gasteiger partial charge in [0.15, 0.2) is 0 Å². The molecule has 1 aromatic carbocycles. The molecule has 0 spiro atoms. The van der Waals surface area contributed by atoms with Crippen molar-refractivity contribution in [2.24, 2.45) is 5.92 Å². The molecule has 1 amide bonds. The Morgan fingerprint density at radius 2 is 2.00 bits per heavy atom. The Hall–Kier alpha value is -3.02. The van der Waals surface area contributed by atoms with E-state index < -0.39 is 36.4 Å². The fourth-order valence-electron chi connectivity index (χ4n) is 4.13. The molecule has 1 fully saturated rings. The summed E-state index contributed by atoms with van der Waals surface area (Å²) in [5.41, 5.74) is 1.22. The lowest BCUT2D eigenvalue weighted by atomic mass is 9.99. The highest BCUT2D eigenvalue weighted by atomic mass is 32.1. The highest BCUT2D eigenvalue weighted by Crippen LogP contribution is 2.34. The van der Waals surface area contributed by atoms with Gasteiger partial charge in [0, 0.05) is 30.7 Å². The predicted octanol–water partition coefficient (Wildman–Crippen LogP) is 5.28. The van der Waals surface area contributed by atoms with Crippen LogP contribution in [0.1, 0.15) is 52.7 Å². The molecule has 1 aliphatic rings. The molecule has 37 heavy (non-hydrogen) atoms. The zero-order chi connectivity index (χ0) is 26.8. The van der Waals surface area contributed by atoms with Gasteiger partial charge in [-0.05, 0) is 42.9 Å². The third-order valence-corrected chi connectivity index (χ3v) is 7.48. The molecule has 1 saturated heterocycles. The van der Waals surface area contributed by atoms with Crippen LogP contribution in [0.3, 0.4) is 0 Å². The quantitative estimate of drug-likeness (QED) is 0.244. The van der Waals surface area contributed by atoms with Gasteiger partial charge in [-0.2, -0.15) is 8.78 Å². The standard InChI is InChI=1S/C29H33F2NO4S/c1-21(10-5-3-6-11-22-12-7-4-8-13-22)25(33)17-15-23-20-29(30,31)28(35)32(23)19-9-14-24-16-18-26(37-24)27(34)36-2/h4,7-8,12-13,15-18,21,23,25,33H,6,9-11,14,19-20H2,1-2H3/t21-,23?,25+/m0/s1. The molecular weight excluding hydrogens is 496 g/mol. The summed E-state index contributed by atoms with van der Waals surface area (Å²) in [5, 5.41) is 10.5. The minimum absolute atomic E-state index is 0.160. The van der Waals surface area contributed by atoms with Crippen molar-refractivity contribution in [3.63, 3.8) is 0 Å². The Bertz CT molecular complexity index is 1140. The molecule has 1 N–H and O–H groups in total. The smallest absolute Gasteiger partial charge is 0.348 e. The first kappa shape index (κ1) is 28.5. The van der Waals surface area contributed by atoms with Gasteiger partial charge in [-0.15, -0.1) is 23.2 Å². The maximum absolute atomic E-state index is 14.2. The molecule has 5 nitrogen and oxygen atoms in total. The lowest BCUT2D eigenvalue weighted by Gasteiger charge is -2.22. The molecule has 8 heteroatoms. The summed E-state index contributed by atoms with van der Waals surface area (Å²) in [6.45, 7) is 2.02. The molecule has 0 radical (unpaired) electrons. The van der Waals surface area contributed by atoms with Crippen LogP contribution in [0, 0.1) is 17.8 Å². The van der Waals surface area contributed by atoms with E-state index in [0.29, 0.717) is 24.1 Å². The second kappa shape index (κ2) is 13.5. The minimum atomic E-state index is -3.42. The topological polar surface area (TPSA) is 66.8 Å². The number of aliphatic hydroxyl groups is 1. The Morgan fingerprint density at radius 3 is 2.73 bits per heavy atom. The number of likely N-dealkylation sites (tertiary alicyclic amines) is 1. The van der Waals surface area contributed by atoms with Crippen LogP contribution in [-0.4, -0.2) is 53.6 Å². The second-order valence-electron chi connectivity index (χ2n) is 9.23. The van der Waals surface area contributed by atoms with E-state index in [1.807, 2.05) is 25.1 Å². The van der Waals surface area contributed by atoms with E-state index in [-0.39, 0.29) is 12.5 Å². The summed E-state index contributed by atoms with van der Waals surface area (Å²) in [4.78, 5) is 26.5. The third kappa shape index (κ3) is 8.24.